The van der Waals surface area contributed by atoms with E-state index < -0.39 is 8.32 Å². The molecule has 3 aromatic rings. The SMILES string of the molecule is CCN1CCN(c2nc(-c3ccccc3OCCO[Si](C)(C)C(C)(C)C)cc3ccccc23)CC1. The molecule has 188 valence electrons. The number of hydrogen-bond donors (Lipinski definition) is 0. The fraction of sp³-hybridized carbons (Fsp3) is 0.483. The summed E-state index contributed by atoms with van der Waals surface area (Å²) in [5.41, 5.74) is 1.98. The Morgan fingerprint density at radius 2 is 1.60 bits per heavy atom. The molecule has 0 radical (unpaired) electrons. The highest BCUT2D eigenvalue weighted by Gasteiger charge is 2.36. The second kappa shape index (κ2) is 10.7. The third-order valence-corrected chi connectivity index (χ3v) is 12.2. The van der Waals surface area contributed by atoms with Gasteiger partial charge in [0.2, 0.25) is 0 Å². The molecule has 1 saturated heterocycles. The van der Waals surface area contributed by atoms with E-state index in [1.54, 1.807) is 0 Å². The Morgan fingerprint density at radius 3 is 2.31 bits per heavy atom. The first-order chi connectivity index (χ1) is 16.7. The minimum absolute atomic E-state index is 0.193. The van der Waals surface area contributed by atoms with E-state index in [0.29, 0.717) is 13.2 Å². The van der Waals surface area contributed by atoms with Crippen molar-refractivity contribution in [2.24, 2.45) is 0 Å². The molecule has 35 heavy (non-hydrogen) atoms. The zero-order valence-corrected chi connectivity index (χ0v) is 23.3. The number of likely N-dealkylation sites (N-methyl/N-ethyl adjacent to an activating group) is 1. The number of rotatable bonds is 8. The normalized spacial score (nSPS) is 15.5. The average Bonchev–Trinajstić information content (AvgIpc) is 2.85. The molecule has 6 heteroatoms. The van der Waals surface area contributed by atoms with Gasteiger partial charge < -0.3 is 19.0 Å². The zero-order chi connectivity index (χ0) is 25.1. The van der Waals surface area contributed by atoms with Gasteiger partial charge in [0, 0.05) is 37.1 Å². The van der Waals surface area contributed by atoms with Crippen LogP contribution in [0, 0.1) is 0 Å². The molecule has 0 unspecified atom stereocenters. The number of benzene rings is 2. The number of para-hydroxylation sites is 1. The number of anilines is 1. The first-order valence-corrected chi connectivity index (χ1v) is 15.8. The first kappa shape index (κ1) is 25.7. The van der Waals surface area contributed by atoms with Crippen molar-refractivity contribution in [2.45, 2.75) is 45.8 Å². The average molecular weight is 492 g/mol. The molecule has 0 atom stereocenters. The summed E-state index contributed by atoms with van der Waals surface area (Å²) in [5, 5.41) is 2.61. The second-order valence-electron chi connectivity index (χ2n) is 10.9. The zero-order valence-electron chi connectivity index (χ0n) is 22.3. The minimum atomic E-state index is -1.79. The minimum Gasteiger partial charge on any atom is -0.491 e. The summed E-state index contributed by atoms with van der Waals surface area (Å²) in [4.78, 5) is 10.1. The highest BCUT2D eigenvalue weighted by atomic mass is 28.4. The lowest BCUT2D eigenvalue weighted by atomic mass is 10.1. The van der Waals surface area contributed by atoms with Crippen LogP contribution < -0.4 is 9.64 Å². The number of fused-ring (bicyclic) bond motifs is 1. The maximum atomic E-state index is 6.32. The number of piperazine rings is 1. The van der Waals surface area contributed by atoms with Crippen LogP contribution in [0.3, 0.4) is 0 Å². The number of hydrogen-bond acceptors (Lipinski definition) is 5. The second-order valence-corrected chi connectivity index (χ2v) is 15.7. The van der Waals surface area contributed by atoms with E-state index in [1.165, 1.54) is 10.8 Å². The van der Waals surface area contributed by atoms with Crippen molar-refractivity contribution in [3.8, 4) is 17.0 Å². The number of ether oxygens (including phenoxy) is 1. The van der Waals surface area contributed by atoms with Gasteiger partial charge >= 0.3 is 0 Å². The van der Waals surface area contributed by atoms with Crippen LogP contribution in [-0.2, 0) is 4.43 Å². The Labute approximate surface area is 212 Å². The Kier molecular flexibility index (Phi) is 7.84. The molecule has 2 heterocycles. The van der Waals surface area contributed by atoms with E-state index in [1.807, 2.05) is 12.1 Å². The molecule has 0 amide bonds. The van der Waals surface area contributed by atoms with Crippen molar-refractivity contribution >= 4 is 24.9 Å². The van der Waals surface area contributed by atoms with Crippen molar-refractivity contribution in [3.63, 3.8) is 0 Å². The van der Waals surface area contributed by atoms with Crippen LogP contribution in [0.25, 0.3) is 22.0 Å². The van der Waals surface area contributed by atoms with Gasteiger partial charge in [0.05, 0.1) is 12.3 Å². The molecule has 0 aliphatic carbocycles. The van der Waals surface area contributed by atoms with Gasteiger partial charge in [-0.3, -0.25) is 0 Å². The molecule has 0 saturated carbocycles. The van der Waals surface area contributed by atoms with Gasteiger partial charge in [-0.15, -0.1) is 0 Å². The van der Waals surface area contributed by atoms with Crippen LogP contribution >= 0.6 is 0 Å². The Hall–Kier alpha value is -2.41. The highest BCUT2D eigenvalue weighted by molar-refractivity contribution is 6.74. The van der Waals surface area contributed by atoms with Crippen LogP contribution in [0.5, 0.6) is 5.75 Å². The van der Waals surface area contributed by atoms with E-state index in [-0.39, 0.29) is 5.04 Å². The molecule has 2 aromatic carbocycles. The van der Waals surface area contributed by atoms with Gasteiger partial charge in [0.1, 0.15) is 18.2 Å². The number of nitrogens with zero attached hydrogens (tertiary/aromatic N) is 3. The van der Waals surface area contributed by atoms with E-state index in [9.17, 15) is 0 Å². The van der Waals surface area contributed by atoms with Crippen LogP contribution in [0.15, 0.2) is 54.6 Å². The van der Waals surface area contributed by atoms with Gasteiger partial charge in [-0.1, -0.05) is 64.1 Å². The standard InChI is InChI=1S/C29H41N3O2Si/c1-7-31-16-18-32(19-17-31)28-24-13-9-8-12-23(24)22-26(30-28)25-14-10-11-15-27(25)33-20-21-34-35(5,6)29(2,3)4/h8-15,22H,7,16-21H2,1-6H3. The third-order valence-electron chi connectivity index (χ3n) is 7.61. The maximum Gasteiger partial charge on any atom is 0.192 e. The van der Waals surface area contributed by atoms with Crippen molar-refractivity contribution in [1.82, 2.24) is 9.88 Å². The van der Waals surface area contributed by atoms with E-state index in [4.69, 9.17) is 14.1 Å². The number of aromatic nitrogens is 1. The number of pyridine rings is 1. The molecular formula is C29H41N3O2Si. The third kappa shape index (κ3) is 5.88. The van der Waals surface area contributed by atoms with Crippen molar-refractivity contribution in [3.05, 3.63) is 54.6 Å². The van der Waals surface area contributed by atoms with E-state index >= 15 is 0 Å². The van der Waals surface area contributed by atoms with Crippen LogP contribution in [0.2, 0.25) is 18.1 Å². The van der Waals surface area contributed by atoms with Crippen molar-refractivity contribution in [2.75, 3.05) is 50.8 Å². The Morgan fingerprint density at radius 1 is 0.914 bits per heavy atom. The quantitative estimate of drug-likeness (QED) is 0.268. The summed E-state index contributed by atoms with van der Waals surface area (Å²) in [6.45, 7) is 20.0. The van der Waals surface area contributed by atoms with Gasteiger partial charge in [-0.2, -0.15) is 0 Å². The predicted molar refractivity (Wildman–Crippen MR) is 150 cm³/mol. The van der Waals surface area contributed by atoms with Crippen LogP contribution in [-0.4, -0.2) is 64.1 Å². The summed E-state index contributed by atoms with van der Waals surface area (Å²) < 4.78 is 12.6. The summed E-state index contributed by atoms with van der Waals surface area (Å²) in [6, 6.07) is 19.0. The monoisotopic (exact) mass is 491 g/mol. The summed E-state index contributed by atoms with van der Waals surface area (Å²) in [7, 11) is -1.79. The molecule has 1 fully saturated rings. The fourth-order valence-electron chi connectivity index (χ4n) is 4.30. The molecule has 4 rings (SSSR count). The maximum absolute atomic E-state index is 6.32. The molecule has 0 N–H and O–H groups in total. The Bertz CT molecular complexity index is 1130. The first-order valence-electron chi connectivity index (χ1n) is 12.9. The molecule has 5 nitrogen and oxygen atoms in total. The fourth-order valence-corrected chi connectivity index (χ4v) is 5.33. The van der Waals surface area contributed by atoms with Gasteiger partial charge in [0.15, 0.2) is 8.32 Å². The summed E-state index contributed by atoms with van der Waals surface area (Å²) in [6.07, 6.45) is 0. The molecule has 1 aliphatic rings. The molecule has 0 bridgehead atoms. The largest absolute Gasteiger partial charge is 0.491 e. The lowest BCUT2D eigenvalue weighted by molar-refractivity contribution is 0.204. The summed E-state index contributed by atoms with van der Waals surface area (Å²) in [5.74, 6) is 1.93. The van der Waals surface area contributed by atoms with E-state index in [0.717, 1.165) is 55.5 Å². The van der Waals surface area contributed by atoms with Gasteiger partial charge in [-0.25, -0.2) is 4.98 Å². The smallest absolute Gasteiger partial charge is 0.192 e. The molecule has 1 aromatic heterocycles. The van der Waals surface area contributed by atoms with Crippen LogP contribution in [0.4, 0.5) is 5.82 Å². The molecule has 0 spiro atoms. The topological polar surface area (TPSA) is 37.8 Å². The van der Waals surface area contributed by atoms with Crippen LogP contribution in [0.1, 0.15) is 27.7 Å². The van der Waals surface area contributed by atoms with Gasteiger partial charge in [-0.05, 0) is 48.3 Å². The predicted octanol–water partition coefficient (Wildman–Crippen LogP) is 6.44. The Balaban J connectivity index is 1.58. The molecular weight excluding hydrogens is 450 g/mol. The van der Waals surface area contributed by atoms with Gasteiger partial charge in [0.25, 0.3) is 0 Å². The highest BCUT2D eigenvalue weighted by Crippen LogP contribution is 2.37. The van der Waals surface area contributed by atoms with Crippen molar-refractivity contribution in [1.29, 1.82) is 0 Å². The lowest BCUT2D eigenvalue weighted by Crippen LogP contribution is -2.46. The molecule has 1 aliphatic heterocycles. The van der Waals surface area contributed by atoms with E-state index in [2.05, 4.69) is 93.1 Å². The summed E-state index contributed by atoms with van der Waals surface area (Å²) >= 11 is 0. The lowest BCUT2D eigenvalue weighted by Gasteiger charge is -2.36. The van der Waals surface area contributed by atoms with Crippen molar-refractivity contribution < 1.29 is 9.16 Å².